The van der Waals surface area contributed by atoms with Crippen molar-refractivity contribution in [2.24, 2.45) is 35.0 Å². The molecule has 0 aromatic heterocycles. The van der Waals surface area contributed by atoms with Crippen LogP contribution in [0.15, 0.2) is 11.6 Å². The molecule has 1 nitrogen and oxygen atoms in total. The Hall–Kier alpha value is -0.590. The van der Waals surface area contributed by atoms with Crippen molar-refractivity contribution in [3.63, 3.8) is 0 Å². The summed E-state index contributed by atoms with van der Waals surface area (Å²) in [6.45, 7) is 4.90. The molecule has 0 heterocycles. The minimum absolute atomic E-state index is 0.521. The van der Waals surface area contributed by atoms with E-state index in [0.29, 0.717) is 11.2 Å². The fourth-order valence-corrected chi connectivity index (χ4v) is 6.86. The van der Waals surface area contributed by atoms with Crippen LogP contribution in [-0.4, -0.2) is 5.78 Å². The van der Waals surface area contributed by atoms with Crippen LogP contribution in [0.4, 0.5) is 0 Å². The fourth-order valence-electron chi connectivity index (χ4n) is 6.86. The molecule has 0 amide bonds. The van der Waals surface area contributed by atoms with Gasteiger partial charge in [-0.05, 0) is 80.0 Å². The molecule has 3 saturated carbocycles. The van der Waals surface area contributed by atoms with Crippen LogP contribution in [0.2, 0.25) is 0 Å². The van der Waals surface area contributed by atoms with Gasteiger partial charge in [0.05, 0.1) is 0 Å². The van der Waals surface area contributed by atoms with Crippen molar-refractivity contribution < 1.29 is 4.79 Å². The molecule has 1 heteroatoms. The summed E-state index contributed by atoms with van der Waals surface area (Å²) >= 11 is 0. The molecule has 0 aromatic rings. The van der Waals surface area contributed by atoms with Crippen molar-refractivity contribution >= 4 is 5.78 Å². The summed E-state index contributed by atoms with van der Waals surface area (Å²) in [6, 6.07) is 0. The molecule has 0 radical (unpaired) electrons. The molecule has 21 heavy (non-hydrogen) atoms. The number of hydrogen-bond acceptors (Lipinski definition) is 1. The minimum Gasteiger partial charge on any atom is -0.300 e. The van der Waals surface area contributed by atoms with E-state index in [2.05, 4.69) is 19.9 Å². The normalized spacial score (nSPS) is 49.1. The van der Waals surface area contributed by atoms with Gasteiger partial charge in [-0.2, -0.15) is 0 Å². The molecule has 0 bridgehead atoms. The maximum absolute atomic E-state index is 11.8. The summed E-state index contributed by atoms with van der Waals surface area (Å²) in [4.78, 5) is 11.8. The minimum atomic E-state index is 0.521. The second-order valence-corrected chi connectivity index (χ2v) is 8.49. The van der Waals surface area contributed by atoms with Crippen molar-refractivity contribution in [3.05, 3.63) is 11.6 Å². The molecule has 0 spiro atoms. The average molecular weight is 286 g/mol. The lowest BCUT2D eigenvalue weighted by Gasteiger charge is -2.55. The second kappa shape index (κ2) is 4.96. The summed E-state index contributed by atoms with van der Waals surface area (Å²) in [5.74, 6) is 5.00. The van der Waals surface area contributed by atoms with E-state index in [1.807, 2.05) is 0 Å². The zero-order valence-corrected chi connectivity index (χ0v) is 13.7. The number of hydrogen-bond donors (Lipinski definition) is 0. The van der Waals surface area contributed by atoms with Crippen LogP contribution < -0.4 is 0 Å². The Labute approximate surface area is 129 Å². The first-order valence-corrected chi connectivity index (χ1v) is 9.34. The number of ketones is 1. The van der Waals surface area contributed by atoms with Gasteiger partial charge >= 0.3 is 0 Å². The molecule has 0 saturated heterocycles. The van der Waals surface area contributed by atoms with Crippen LogP contribution in [0.1, 0.15) is 71.6 Å². The first-order chi connectivity index (χ1) is 10.1. The van der Waals surface area contributed by atoms with Crippen LogP contribution >= 0.6 is 0 Å². The molecule has 0 N–H and O–H groups in total. The van der Waals surface area contributed by atoms with Crippen LogP contribution in [0.3, 0.4) is 0 Å². The molecule has 6 unspecified atom stereocenters. The van der Waals surface area contributed by atoms with E-state index in [9.17, 15) is 4.79 Å². The predicted octanol–water partition coefficient (Wildman–Crippen LogP) is 5.15. The summed E-state index contributed by atoms with van der Waals surface area (Å²) < 4.78 is 0. The maximum Gasteiger partial charge on any atom is 0.133 e. The SMILES string of the molecule is CCC1=CCC2C3CCC4CC(=O)CCC4C3CCC12C. The molecular formula is C20H30O. The van der Waals surface area contributed by atoms with E-state index >= 15 is 0 Å². The summed E-state index contributed by atoms with van der Waals surface area (Å²) in [6.07, 6.45) is 13.8. The third-order valence-electron chi connectivity index (χ3n) is 7.89. The Morgan fingerprint density at radius 1 is 1.14 bits per heavy atom. The van der Waals surface area contributed by atoms with Gasteiger partial charge in [0.25, 0.3) is 0 Å². The lowest BCUT2D eigenvalue weighted by Crippen LogP contribution is -2.48. The zero-order valence-electron chi connectivity index (χ0n) is 13.7. The van der Waals surface area contributed by atoms with Crippen LogP contribution in [-0.2, 0) is 4.79 Å². The van der Waals surface area contributed by atoms with E-state index in [0.717, 1.165) is 42.4 Å². The van der Waals surface area contributed by atoms with E-state index in [1.165, 1.54) is 44.9 Å². The third kappa shape index (κ3) is 1.99. The van der Waals surface area contributed by atoms with Gasteiger partial charge in [-0.1, -0.05) is 25.5 Å². The Balaban J connectivity index is 1.57. The van der Waals surface area contributed by atoms with E-state index < -0.39 is 0 Å². The molecule has 0 aromatic carbocycles. The van der Waals surface area contributed by atoms with Gasteiger partial charge in [-0.3, -0.25) is 4.79 Å². The molecule has 4 rings (SSSR count). The van der Waals surface area contributed by atoms with E-state index in [4.69, 9.17) is 0 Å². The number of rotatable bonds is 1. The smallest absolute Gasteiger partial charge is 0.133 e. The van der Waals surface area contributed by atoms with Crippen molar-refractivity contribution in [1.82, 2.24) is 0 Å². The van der Waals surface area contributed by atoms with Gasteiger partial charge in [-0.15, -0.1) is 0 Å². The standard InChI is InChI=1S/C20H30O/c1-3-14-5-9-19-18-7-4-13-12-15(21)6-8-16(13)17(18)10-11-20(14,19)2/h5,13,16-19H,3-4,6-12H2,1-2H3. The number of fused-ring (bicyclic) bond motifs is 5. The van der Waals surface area contributed by atoms with Crippen LogP contribution in [0.25, 0.3) is 0 Å². The van der Waals surface area contributed by atoms with Crippen molar-refractivity contribution in [3.8, 4) is 0 Å². The van der Waals surface area contributed by atoms with Gasteiger partial charge in [-0.25, -0.2) is 0 Å². The average Bonchev–Trinajstić information content (AvgIpc) is 2.83. The van der Waals surface area contributed by atoms with Crippen molar-refractivity contribution in [2.75, 3.05) is 0 Å². The fraction of sp³-hybridized carbons (Fsp3) is 0.850. The predicted molar refractivity (Wildman–Crippen MR) is 85.9 cm³/mol. The second-order valence-electron chi connectivity index (χ2n) is 8.49. The van der Waals surface area contributed by atoms with Crippen molar-refractivity contribution in [1.29, 1.82) is 0 Å². The first kappa shape index (κ1) is 14.0. The van der Waals surface area contributed by atoms with Gasteiger partial charge in [0.15, 0.2) is 0 Å². The van der Waals surface area contributed by atoms with Crippen LogP contribution in [0, 0.1) is 35.0 Å². The Kier molecular flexibility index (Phi) is 3.32. The highest BCUT2D eigenvalue weighted by Crippen LogP contribution is 2.62. The quantitative estimate of drug-likeness (QED) is 0.609. The Morgan fingerprint density at radius 3 is 2.81 bits per heavy atom. The van der Waals surface area contributed by atoms with E-state index in [-0.39, 0.29) is 0 Å². The molecule has 116 valence electrons. The number of carbonyl (C=O) groups excluding carboxylic acids is 1. The Morgan fingerprint density at radius 2 is 2.00 bits per heavy atom. The lowest BCUT2D eigenvalue weighted by molar-refractivity contribution is -0.126. The molecule has 0 aliphatic heterocycles. The maximum atomic E-state index is 11.8. The topological polar surface area (TPSA) is 17.1 Å². The van der Waals surface area contributed by atoms with Crippen LogP contribution in [0.5, 0.6) is 0 Å². The highest BCUT2D eigenvalue weighted by molar-refractivity contribution is 5.79. The third-order valence-corrected chi connectivity index (χ3v) is 7.89. The van der Waals surface area contributed by atoms with Crippen molar-refractivity contribution in [2.45, 2.75) is 71.6 Å². The van der Waals surface area contributed by atoms with Gasteiger partial charge in [0.1, 0.15) is 5.78 Å². The van der Waals surface area contributed by atoms with E-state index in [1.54, 1.807) is 5.57 Å². The zero-order chi connectivity index (χ0) is 14.6. The lowest BCUT2D eigenvalue weighted by atomic mass is 9.50. The molecule has 4 aliphatic rings. The summed E-state index contributed by atoms with van der Waals surface area (Å²) in [5, 5.41) is 0. The van der Waals surface area contributed by atoms with Gasteiger partial charge in [0.2, 0.25) is 0 Å². The summed E-state index contributed by atoms with van der Waals surface area (Å²) in [5.41, 5.74) is 2.28. The first-order valence-electron chi connectivity index (χ1n) is 9.34. The number of Topliss-reactive ketones (excluding diaryl/α,β-unsaturated/α-hetero) is 1. The highest BCUT2D eigenvalue weighted by Gasteiger charge is 2.54. The monoisotopic (exact) mass is 286 g/mol. The van der Waals surface area contributed by atoms with Gasteiger partial charge in [0, 0.05) is 12.8 Å². The molecular weight excluding hydrogens is 256 g/mol. The number of carbonyl (C=O) groups is 1. The number of allylic oxidation sites excluding steroid dienone is 2. The van der Waals surface area contributed by atoms with Gasteiger partial charge < -0.3 is 0 Å². The highest BCUT2D eigenvalue weighted by atomic mass is 16.1. The largest absolute Gasteiger partial charge is 0.300 e. The molecule has 6 atom stereocenters. The molecule has 4 aliphatic carbocycles. The summed E-state index contributed by atoms with van der Waals surface area (Å²) in [7, 11) is 0. The molecule has 3 fully saturated rings. The Bertz CT molecular complexity index is 476.